The summed E-state index contributed by atoms with van der Waals surface area (Å²) in [5.74, 6) is -1.41. The van der Waals surface area contributed by atoms with Crippen LogP contribution in [0.5, 0.6) is 0 Å². The molecular weight excluding hydrogens is 212 g/mol. The number of amides is 2. The van der Waals surface area contributed by atoms with Crippen LogP contribution in [0.25, 0.3) is 0 Å². The maximum atomic E-state index is 11.7. The Morgan fingerprint density at radius 3 is 2.19 bits per heavy atom. The van der Waals surface area contributed by atoms with Crippen LogP contribution in [0, 0.1) is 0 Å². The molecule has 0 spiro atoms. The van der Waals surface area contributed by atoms with Crippen molar-refractivity contribution in [2.75, 3.05) is 26.2 Å². The van der Waals surface area contributed by atoms with E-state index >= 15 is 0 Å². The van der Waals surface area contributed by atoms with Crippen molar-refractivity contribution >= 4 is 18.3 Å². The van der Waals surface area contributed by atoms with Gasteiger partial charge in [0.15, 0.2) is 0 Å². The van der Waals surface area contributed by atoms with Crippen molar-refractivity contribution in [1.29, 1.82) is 0 Å². The molecule has 1 heterocycles. The summed E-state index contributed by atoms with van der Waals surface area (Å²) in [4.78, 5) is 35.7. The molecule has 1 fully saturated rings. The summed E-state index contributed by atoms with van der Waals surface area (Å²) in [5.41, 5.74) is 0.201. The Hall–Kier alpha value is -1.85. The molecule has 6 heteroatoms. The number of carbonyl (C=O) groups excluding carboxylic acids is 2. The molecule has 0 radical (unpaired) electrons. The monoisotopic (exact) mass is 226 g/mol. The third-order valence-corrected chi connectivity index (χ3v) is 2.43. The molecule has 0 saturated carbocycles. The van der Waals surface area contributed by atoms with Gasteiger partial charge in [-0.15, -0.1) is 0 Å². The van der Waals surface area contributed by atoms with Crippen LogP contribution in [0.4, 0.5) is 0 Å². The highest BCUT2D eigenvalue weighted by Crippen LogP contribution is 2.05. The number of aliphatic carboxylic acids is 1. The third-order valence-electron chi connectivity index (χ3n) is 2.43. The van der Waals surface area contributed by atoms with Gasteiger partial charge in [0.1, 0.15) is 0 Å². The van der Waals surface area contributed by atoms with Crippen LogP contribution in [0.1, 0.15) is 6.92 Å². The number of nitrogens with zero attached hydrogens (tertiary/aromatic N) is 2. The summed E-state index contributed by atoms with van der Waals surface area (Å²) in [6.45, 7) is 3.36. The molecular formula is C10H14N2O4. The quantitative estimate of drug-likeness (QED) is 0.511. The molecule has 1 saturated heterocycles. The van der Waals surface area contributed by atoms with E-state index in [2.05, 4.69) is 0 Å². The first kappa shape index (κ1) is 12.2. The fraction of sp³-hybridized carbons (Fsp3) is 0.500. The molecule has 0 aliphatic carbocycles. The minimum atomic E-state index is -1.13. The molecule has 0 aromatic rings. The smallest absolute Gasteiger partial charge is 0.328 e. The van der Waals surface area contributed by atoms with Gasteiger partial charge in [-0.2, -0.15) is 0 Å². The van der Waals surface area contributed by atoms with E-state index in [1.807, 2.05) is 0 Å². The molecule has 0 atom stereocenters. The third kappa shape index (κ3) is 3.08. The van der Waals surface area contributed by atoms with Crippen molar-refractivity contribution in [1.82, 2.24) is 9.80 Å². The van der Waals surface area contributed by atoms with Crippen LogP contribution in [0.2, 0.25) is 0 Å². The number of carboxylic acids is 1. The zero-order valence-electron chi connectivity index (χ0n) is 9.05. The Labute approximate surface area is 93.1 Å². The van der Waals surface area contributed by atoms with Crippen LogP contribution in [-0.2, 0) is 14.4 Å². The van der Waals surface area contributed by atoms with Crippen molar-refractivity contribution in [2.45, 2.75) is 6.92 Å². The highest BCUT2D eigenvalue weighted by atomic mass is 16.4. The van der Waals surface area contributed by atoms with Crippen molar-refractivity contribution in [3.8, 4) is 0 Å². The molecule has 0 aromatic carbocycles. The molecule has 1 aliphatic rings. The summed E-state index contributed by atoms with van der Waals surface area (Å²) >= 11 is 0. The summed E-state index contributed by atoms with van der Waals surface area (Å²) in [5, 5.41) is 8.51. The molecule has 0 unspecified atom stereocenters. The van der Waals surface area contributed by atoms with Crippen LogP contribution >= 0.6 is 0 Å². The zero-order chi connectivity index (χ0) is 12.1. The average Bonchev–Trinajstić information content (AvgIpc) is 2.27. The number of carbonyl (C=O) groups is 3. The van der Waals surface area contributed by atoms with Gasteiger partial charge >= 0.3 is 5.97 Å². The van der Waals surface area contributed by atoms with Gasteiger partial charge in [-0.1, -0.05) is 0 Å². The van der Waals surface area contributed by atoms with E-state index in [0.29, 0.717) is 26.2 Å². The fourth-order valence-corrected chi connectivity index (χ4v) is 1.53. The first-order chi connectivity index (χ1) is 7.54. The molecule has 6 nitrogen and oxygen atoms in total. The van der Waals surface area contributed by atoms with Crippen LogP contribution < -0.4 is 0 Å². The number of hydrogen-bond acceptors (Lipinski definition) is 3. The lowest BCUT2D eigenvalue weighted by Gasteiger charge is -2.32. The second-order valence-electron chi connectivity index (χ2n) is 3.60. The number of hydrogen-bond donors (Lipinski definition) is 1. The van der Waals surface area contributed by atoms with Crippen LogP contribution in [-0.4, -0.2) is 59.4 Å². The van der Waals surface area contributed by atoms with Gasteiger partial charge in [0.05, 0.1) is 0 Å². The highest BCUT2D eigenvalue weighted by Gasteiger charge is 2.21. The molecule has 2 amide bonds. The Morgan fingerprint density at radius 2 is 1.75 bits per heavy atom. The Balaban J connectivity index is 2.57. The van der Waals surface area contributed by atoms with E-state index in [1.165, 1.54) is 6.92 Å². The molecule has 88 valence electrons. The Morgan fingerprint density at radius 1 is 1.19 bits per heavy atom. The van der Waals surface area contributed by atoms with Crippen LogP contribution in [0.15, 0.2) is 11.6 Å². The lowest BCUT2D eigenvalue weighted by molar-refractivity contribution is -0.133. The summed E-state index contributed by atoms with van der Waals surface area (Å²) in [6.07, 6.45) is 1.65. The van der Waals surface area contributed by atoms with Crippen molar-refractivity contribution in [2.24, 2.45) is 0 Å². The fourth-order valence-electron chi connectivity index (χ4n) is 1.53. The normalized spacial score (nSPS) is 17.2. The Bertz CT molecular complexity index is 330. The largest absolute Gasteiger partial charge is 0.478 e. The predicted molar refractivity (Wildman–Crippen MR) is 55.6 cm³/mol. The van der Waals surface area contributed by atoms with Gasteiger partial charge in [0.2, 0.25) is 12.3 Å². The molecule has 0 aromatic heterocycles. The van der Waals surface area contributed by atoms with E-state index in [4.69, 9.17) is 5.11 Å². The first-order valence-corrected chi connectivity index (χ1v) is 4.94. The minimum absolute atomic E-state index is 0.201. The maximum absolute atomic E-state index is 11.7. The topological polar surface area (TPSA) is 77.9 Å². The molecule has 1 aliphatic heterocycles. The van der Waals surface area contributed by atoms with E-state index in [9.17, 15) is 14.4 Å². The SMILES string of the molecule is C/C(=C\C(=O)O)C(=O)N1CCN(C=O)CC1. The van der Waals surface area contributed by atoms with Gasteiger partial charge in [0.25, 0.3) is 0 Å². The number of rotatable bonds is 3. The zero-order valence-corrected chi connectivity index (χ0v) is 9.05. The Kier molecular flexibility index (Phi) is 4.04. The molecule has 1 N–H and O–H groups in total. The van der Waals surface area contributed by atoms with Gasteiger partial charge in [-0.25, -0.2) is 4.79 Å². The van der Waals surface area contributed by atoms with Crippen molar-refractivity contribution in [3.05, 3.63) is 11.6 Å². The van der Waals surface area contributed by atoms with Gasteiger partial charge in [0, 0.05) is 37.8 Å². The van der Waals surface area contributed by atoms with Crippen molar-refractivity contribution in [3.63, 3.8) is 0 Å². The molecule has 0 bridgehead atoms. The van der Waals surface area contributed by atoms with E-state index in [0.717, 1.165) is 12.5 Å². The van der Waals surface area contributed by atoms with Gasteiger partial charge in [-0.3, -0.25) is 9.59 Å². The summed E-state index contributed by atoms with van der Waals surface area (Å²) < 4.78 is 0. The number of carboxylic acid groups (broad SMARTS) is 1. The van der Waals surface area contributed by atoms with Crippen molar-refractivity contribution < 1.29 is 19.5 Å². The molecule has 1 rings (SSSR count). The maximum Gasteiger partial charge on any atom is 0.328 e. The van der Waals surface area contributed by atoms with E-state index in [1.54, 1.807) is 9.80 Å². The van der Waals surface area contributed by atoms with E-state index < -0.39 is 5.97 Å². The predicted octanol–water partition coefficient (Wildman–Crippen LogP) is -0.682. The summed E-state index contributed by atoms with van der Waals surface area (Å²) in [6, 6.07) is 0. The number of piperazine rings is 1. The second-order valence-corrected chi connectivity index (χ2v) is 3.60. The van der Waals surface area contributed by atoms with Gasteiger partial charge in [-0.05, 0) is 6.92 Å². The minimum Gasteiger partial charge on any atom is -0.478 e. The lowest BCUT2D eigenvalue weighted by Crippen LogP contribution is -2.48. The summed E-state index contributed by atoms with van der Waals surface area (Å²) in [7, 11) is 0. The lowest BCUT2D eigenvalue weighted by atomic mass is 10.2. The van der Waals surface area contributed by atoms with Gasteiger partial charge < -0.3 is 14.9 Å². The standard InChI is InChI=1S/C10H14N2O4/c1-8(6-9(14)15)10(16)12-4-2-11(7-13)3-5-12/h6-7H,2-5H2,1H3,(H,14,15)/b8-6+. The molecule has 16 heavy (non-hydrogen) atoms. The van der Waals surface area contributed by atoms with Crippen LogP contribution in [0.3, 0.4) is 0 Å². The van der Waals surface area contributed by atoms with E-state index in [-0.39, 0.29) is 11.5 Å². The first-order valence-electron chi connectivity index (χ1n) is 4.94. The second kappa shape index (κ2) is 5.29. The average molecular weight is 226 g/mol. The highest BCUT2D eigenvalue weighted by molar-refractivity contribution is 5.98.